The van der Waals surface area contributed by atoms with Gasteiger partial charge in [-0.05, 0) is 130 Å². The molecule has 4 aliphatic rings. The number of ether oxygens (including phenoxy) is 6. The molecule has 542 valence electrons. The molecule has 10 rings (SSSR count). The van der Waals surface area contributed by atoms with Crippen molar-refractivity contribution in [3.8, 4) is 53.3 Å². The summed E-state index contributed by atoms with van der Waals surface area (Å²) < 4.78 is 31.8. The Kier molecular flexibility index (Phi) is 32.3. The molecule has 0 bridgehead atoms. The van der Waals surface area contributed by atoms with Crippen LogP contribution in [0.4, 0.5) is 4.79 Å². The molecule has 103 heavy (non-hydrogen) atoms. The number of β-amino-alcohol motifs (C(OH)–C–C–N with tert-alkyl or cyclic N) is 1. The van der Waals surface area contributed by atoms with Gasteiger partial charge in [0.05, 0.1) is 54.9 Å². The van der Waals surface area contributed by atoms with E-state index in [2.05, 4.69) is 51.1 Å². The highest BCUT2D eigenvalue weighted by Gasteiger charge is 2.31. The fraction of sp³-hybridized carbons (Fsp3) is 0.431. The lowest BCUT2D eigenvalue weighted by Gasteiger charge is -2.33. The molecule has 0 unspecified atom stereocenters. The minimum Gasteiger partial charge on any atom is -0.492 e. The Balaban J connectivity index is 0.000000216. The van der Waals surface area contributed by atoms with Gasteiger partial charge in [-0.1, -0.05) is 40.9 Å². The molecular weight excluding hydrogens is 1390 g/mol. The van der Waals surface area contributed by atoms with Gasteiger partial charge < -0.3 is 64.6 Å². The number of aromatic nitrogens is 5. The van der Waals surface area contributed by atoms with Crippen LogP contribution < -0.4 is 40.2 Å². The van der Waals surface area contributed by atoms with E-state index in [-0.39, 0.29) is 71.6 Å². The number of aliphatic hydroxyl groups excluding tert-OH is 1. The van der Waals surface area contributed by atoms with Crippen molar-refractivity contribution in [1.82, 2.24) is 56.0 Å². The van der Waals surface area contributed by atoms with Crippen LogP contribution in [0.3, 0.4) is 0 Å². The monoisotopic (exact) mass is 1470 g/mol. The molecule has 9 heterocycles. The standard InChI is InChI=1S/C25H28N4O5.C19H26N4O4.C14H18N4O2.C8H7ClN2O.C6H2Cl2N2/c1-3-33-23-10-21(27-12-16(23)11-26)24(31)28-17-6-8-29(9-7-17)13-22(30)18-4-5-19-20(15(18)2)14-34-25(19)32;1-5-26-16-10-15(21-12-13(16)11-20)17(24)22-14-6-8-23(9-7-14)18(25)27-19(2,3)4;1-2-20-13-7-12(17-9-10(13)8-15)14(19)18-11-3-5-16-6-4-11;1-2-12-7-3-8(9)11-5-6(7)4-10;7-5-1-6(8)10-3-4(5)2-9/h4-5,10,12,17,22,30H,3,6-9,13-14H2,1-2H3,(H,28,31);10,12,14H,5-9H2,1-4H3,(H,22,24);7,9,11,16H,2-6H2,1H3,(H,18,19);3,5H,2H2,1H3;1,3H/t22-;;;;/m0..../s1. The highest BCUT2D eigenvalue weighted by Crippen LogP contribution is 2.31. The van der Waals surface area contributed by atoms with Crippen molar-refractivity contribution in [2.24, 2.45) is 0 Å². The summed E-state index contributed by atoms with van der Waals surface area (Å²) in [5.41, 5.74) is 4.99. The fourth-order valence-corrected chi connectivity index (χ4v) is 11.2. The summed E-state index contributed by atoms with van der Waals surface area (Å²) in [5.74, 6) is 0.439. The molecule has 1 atom stereocenters. The van der Waals surface area contributed by atoms with Crippen molar-refractivity contribution in [3.63, 3.8) is 0 Å². The molecule has 0 radical (unpaired) electrons. The van der Waals surface area contributed by atoms with Crippen LogP contribution in [0.2, 0.25) is 15.3 Å². The number of carbonyl (C=O) groups excluding carboxylic acids is 5. The second-order valence-electron chi connectivity index (χ2n) is 24.1. The average molecular weight is 1470 g/mol. The zero-order valence-electron chi connectivity index (χ0n) is 58.4. The summed E-state index contributed by atoms with van der Waals surface area (Å²) in [7, 11) is 0. The van der Waals surface area contributed by atoms with E-state index in [1.807, 2.05) is 78.8 Å². The molecule has 0 saturated carbocycles. The molecule has 5 aromatic heterocycles. The van der Waals surface area contributed by atoms with Crippen LogP contribution in [0.5, 0.6) is 23.0 Å². The Hall–Kier alpha value is -10.5. The SMILES string of the molecule is CCOc1cc(C(=O)NC2CCN(C(=O)OC(C)(C)C)CC2)ncc1C#N.CCOc1cc(C(=O)NC2CCN(C[C@H](O)c3ccc4c(c3C)COC4=O)CC2)ncc1C#N.CCOc1cc(C(=O)NC2CCNCC2)ncc1C#N.CCOc1cc(Cl)ncc1C#N.N#Cc1cnc(Cl)cc1Cl. The third-order valence-electron chi connectivity index (χ3n) is 15.8. The molecule has 4 aliphatic heterocycles. The summed E-state index contributed by atoms with van der Waals surface area (Å²) in [5, 5.41) is 68.1. The number of likely N-dealkylation sites (tertiary alicyclic amines) is 2. The number of nitrogens with zero attached hydrogens (tertiary/aromatic N) is 12. The number of amides is 4. The van der Waals surface area contributed by atoms with E-state index in [4.69, 9.17) is 89.5 Å². The lowest BCUT2D eigenvalue weighted by molar-refractivity contribution is 0.0199. The van der Waals surface area contributed by atoms with E-state index in [0.29, 0.717) is 131 Å². The maximum absolute atomic E-state index is 12.7. The van der Waals surface area contributed by atoms with Gasteiger partial charge in [0.1, 0.15) is 115 Å². The average Bonchev–Trinajstić information content (AvgIpc) is 1.69. The van der Waals surface area contributed by atoms with Crippen molar-refractivity contribution < 1.29 is 57.5 Å². The van der Waals surface area contributed by atoms with Gasteiger partial charge in [0.15, 0.2) is 0 Å². The molecule has 4 amide bonds. The highest BCUT2D eigenvalue weighted by molar-refractivity contribution is 6.34. The first-order valence-electron chi connectivity index (χ1n) is 33.2. The maximum Gasteiger partial charge on any atom is 0.410 e. The second-order valence-corrected chi connectivity index (χ2v) is 25.3. The lowest BCUT2D eigenvalue weighted by atomic mass is 9.94. The number of hydrogen-bond donors (Lipinski definition) is 5. The van der Waals surface area contributed by atoms with Gasteiger partial charge in [0, 0.05) is 105 Å². The quantitative estimate of drug-likeness (QED) is 0.0418. The van der Waals surface area contributed by atoms with Crippen LogP contribution in [0.25, 0.3) is 0 Å². The molecule has 31 heteroatoms. The summed E-state index contributed by atoms with van der Waals surface area (Å²) in [4.78, 5) is 84.5. The number of benzene rings is 1. The number of halogens is 3. The van der Waals surface area contributed by atoms with Crippen molar-refractivity contribution in [2.45, 2.75) is 130 Å². The van der Waals surface area contributed by atoms with E-state index in [1.165, 1.54) is 61.3 Å². The fourth-order valence-electron chi connectivity index (χ4n) is 10.6. The molecule has 6 aromatic rings. The molecule has 3 saturated heterocycles. The number of nitrogens with one attached hydrogen (secondary N) is 4. The van der Waals surface area contributed by atoms with Gasteiger partial charge in [0.25, 0.3) is 17.7 Å². The Morgan fingerprint density at radius 1 is 0.592 bits per heavy atom. The molecular formula is C72H81Cl3N16O12. The number of aliphatic hydroxyl groups is 1. The van der Waals surface area contributed by atoms with E-state index in [9.17, 15) is 29.1 Å². The minimum absolute atomic E-state index is 0.00114. The largest absolute Gasteiger partial charge is 0.492 e. The zero-order valence-corrected chi connectivity index (χ0v) is 60.7. The van der Waals surface area contributed by atoms with Gasteiger partial charge in [-0.3, -0.25) is 14.4 Å². The molecule has 3 fully saturated rings. The predicted octanol–water partition coefficient (Wildman–Crippen LogP) is 9.84. The van der Waals surface area contributed by atoms with E-state index >= 15 is 0 Å². The third kappa shape index (κ3) is 24.9. The molecule has 0 spiro atoms. The number of pyridine rings is 5. The number of piperidine rings is 3. The highest BCUT2D eigenvalue weighted by atomic mass is 35.5. The normalized spacial score (nSPS) is 14.4. The first-order chi connectivity index (χ1) is 49.4. The van der Waals surface area contributed by atoms with Gasteiger partial charge >= 0.3 is 12.1 Å². The second kappa shape index (κ2) is 40.8. The summed E-state index contributed by atoms with van der Waals surface area (Å²) in [6, 6.07) is 21.0. The number of hydrogen-bond acceptors (Lipinski definition) is 24. The Morgan fingerprint density at radius 3 is 1.39 bits per heavy atom. The van der Waals surface area contributed by atoms with Crippen LogP contribution in [0.15, 0.2) is 73.4 Å². The Bertz CT molecular complexity index is 4160. The van der Waals surface area contributed by atoms with Crippen molar-refractivity contribution >= 4 is 64.6 Å². The summed E-state index contributed by atoms with van der Waals surface area (Å²) >= 11 is 16.7. The van der Waals surface area contributed by atoms with Crippen LogP contribution in [0.1, 0.15) is 179 Å². The lowest BCUT2D eigenvalue weighted by Crippen LogP contribution is -2.47. The molecule has 28 nitrogen and oxygen atoms in total. The Morgan fingerprint density at radius 2 is 0.981 bits per heavy atom. The van der Waals surface area contributed by atoms with E-state index in [1.54, 1.807) is 24.0 Å². The van der Waals surface area contributed by atoms with Gasteiger partial charge in [0.2, 0.25) is 0 Å². The number of rotatable bonds is 17. The number of carbonyl (C=O) groups is 5. The first kappa shape index (κ1) is 81.5. The van der Waals surface area contributed by atoms with Crippen molar-refractivity contribution in [2.75, 3.05) is 72.2 Å². The Labute approximate surface area is 613 Å². The van der Waals surface area contributed by atoms with E-state index < -0.39 is 11.7 Å². The van der Waals surface area contributed by atoms with Crippen LogP contribution in [-0.4, -0.2) is 166 Å². The first-order valence-corrected chi connectivity index (χ1v) is 34.3. The molecule has 0 aliphatic carbocycles. The summed E-state index contributed by atoms with van der Waals surface area (Å²) in [6.45, 7) is 21.5. The number of fused-ring (bicyclic) bond motifs is 1. The van der Waals surface area contributed by atoms with Gasteiger partial charge in [-0.15, -0.1) is 0 Å². The van der Waals surface area contributed by atoms with Crippen LogP contribution >= 0.6 is 34.8 Å². The third-order valence-corrected chi connectivity index (χ3v) is 16.6. The zero-order chi connectivity index (χ0) is 75.2. The smallest absolute Gasteiger partial charge is 0.410 e. The molecule has 1 aromatic carbocycles. The maximum atomic E-state index is 12.7. The topological polar surface area (TPSA) is 399 Å². The van der Waals surface area contributed by atoms with Crippen molar-refractivity contribution in [1.29, 1.82) is 26.3 Å². The number of esters is 1. The summed E-state index contributed by atoms with van der Waals surface area (Å²) in [6.07, 6.45) is 10.4. The number of cyclic esters (lactones) is 1. The van der Waals surface area contributed by atoms with Crippen LogP contribution in [0, 0.1) is 63.6 Å². The minimum atomic E-state index is -0.674. The number of nitriles is 5. The van der Waals surface area contributed by atoms with Crippen molar-refractivity contribution in [3.05, 3.63) is 156 Å². The predicted molar refractivity (Wildman–Crippen MR) is 378 cm³/mol. The van der Waals surface area contributed by atoms with Gasteiger partial charge in [-0.2, -0.15) is 26.3 Å². The van der Waals surface area contributed by atoms with E-state index in [0.717, 1.165) is 68.6 Å². The van der Waals surface area contributed by atoms with Crippen LogP contribution in [-0.2, 0) is 16.1 Å². The van der Waals surface area contributed by atoms with Gasteiger partial charge in [-0.25, -0.2) is 34.5 Å². The molecule has 5 N–H and O–H groups in total.